The minimum atomic E-state index is -0.356. The Morgan fingerprint density at radius 3 is 2.62 bits per heavy atom. The molecule has 0 aliphatic carbocycles. The number of hydrogen-bond donors (Lipinski definition) is 2. The number of aromatic nitrogens is 2. The van der Waals surface area contributed by atoms with Gasteiger partial charge in [0.1, 0.15) is 0 Å². The van der Waals surface area contributed by atoms with Crippen molar-refractivity contribution in [1.82, 2.24) is 9.97 Å². The number of nitriles is 1. The molecule has 128 valence electrons. The summed E-state index contributed by atoms with van der Waals surface area (Å²) in [5, 5.41) is 15.3. The monoisotopic (exact) mass is 363 g/mol. The van der Waals surface area contributed by atoms with Crippen molar-refractivity contribution >= 4 is 34.8 Å². The van der Waals surface area contributed by atoms with E-state index in [0.717, 1.165) is 11.3 Å². The van der Waals surface area contributed by atoms with Crippen LogP contribution in [-0.4, -0.2) is 15.9 Å². The van der Waals surface area contributed by atoms with Gasteiger partial charge in [-0.15, -0.1) is 0 Å². The minimum absolute atomic E-state index is 0.306. The number of rotatable bonds is 4. The van der Waals surface area contributed by atoms with Crippen molar-refractivity contribution in [1.29, 1.82) is 5.26 Å². The number of halogens is 1. The molecule has 0 saturated carbocycles. The van der Waals surface area contributed by atoms with E-state index in [1.54, 1.807) is 30.3 Å². The molecule has 2 N–H and O–H groups in total. The van der Waals surface area contributed by atoms with Gasteiger partial charge in [0.25, 0.3) is 5.91 Å². The molecule has 26 heavy (non-hydrogen) atoms. The molecular formula is C19H14ClN5O. The number of anilines is 3. The lowest BCUT2D eigenvalue weighted by molar-refractivity contribution is 0.102. The Morgan fingerprint density at radius 2 is 1.88 bits per heavy atom. The number of amides is 1. The summed E-state index contributed by atoms with van der Waals surface area (Å²) < 4.78 is 0. The van der Waals surface area contributed by atoms with Crippen LogP contribution < -0.4 is 10.6 Å². The molecule has 7 heteroatoms. The van der Waals surface area contributed by atoms with Gasteiger partial charge in [0.2, 0.25) is 5.95 Å². The summed E-state index contributed by atoms with van der Waals surface area (Å²) in [7, 11) is 0. The zero-order valence-corrected chi connectivity index (χ0v) is 14.6. The van der Waals surface area contributed by atoms with Crippen LogP contribution in [0.25, 0.3) is 0 Å². The van der Waals surface area contributed by atoms with Crippen LogP contribution in [0.4, 0.5) is 17.3 Å². The molecule has 1 aromatic heterocycles. The van der Waals surface area contributed by atoms with Crippen molar-refractivity contribution in [3.8, 4) is 6.07 Å². The molecule has 0 saturated heterocycles. The highest BCUT2D eigenvalue weighted by Crippen LogP contribution is 2.24. The molecule has 3 rings (SSSR count). The molecule has 3 aromatic rings. The molecule has 1 amide bonds. The first-order chi connectivity index (χ1) is 12.6. The summed E-state index contributed by atoms with van der Waals surface area (Å²) in [5.74, 6) is 0.00368. The number of nitrogens with zero attached hydrogens (tertiary/aromatic N) is 3. The summed E-state index contributed by atoms with van der Waals surface area (Å²) in [6.45, 7) is 1.89. The number of nitrogens with one attached hydrogen (secondary N) is 2. The molecule has 2 aromatic carbocycles. The third-order valence-corrected chi connectivity index (χ3v) is 4.09. The van der Waals surface area contributed by atoms with Gasteiger partial charge in [0.15, 0.2) is 0 Å². The highest BCUT2D eigenvalue weighted by Gasteiger charge is 2.09. The van der Waals surface area contributed by atoms with Crippen LogP contribution >= 0.6 is 11.6 Å². The number of carbonyl (C=O) groups is 1. The fourth-order valence-electron chi connectivity index (χ4n) is 2.24. The van der Waals surface area contributed by atoms with E-state index >= 15 is 0 Å². The zero-order chi connectivity index (χ0) is 18.5. The maximum absolute atomic E-state index is 12.3. The fraction of sp³-hybridized carbons (Fsp3) is 0.0526. The normalized spacial score (nSPS) is 10.0. The second-order valence-electron chi connectivity index (χ2n) is 5.48. The molecule has 0 atom stereocenters. The average molecular weight is 364 g/mol. The Balaban J connectivity index is 1.71. The van der Waals surface area contributed by atoms with Gasteiger partial charge in [-0.1, -0.05) is 23.7 Å². The highest BCUT2D eigenvalue weighted by atomic mass is 35.5. The van der Waals surface area contributed by atoms with E-state index in [0.29, 0.717) is 27.8 Å². The van der Waals surface area contributed by atoms with Crippen LogP contribution in [0.3, 0.4) is 0 Å². The topological polar surface area (TPSA) is 90.7 Å². The van der Waals surface area contributed by atoms with Gasteiger partial charge < -0.3 is 10.6 Å². The molecule has 0 radical (unpaired) electrons. The van der Waals surface area contributed by atoms with Crippen LogP contribution in [0.15, 0.2) is 54.9 Å². The van der Waals surface area contributed by atoms with Crippen molar-refractivity contribution in [2.24, 2.45) is 0 Å². The molecule has 0 fully saturated rings. The second kappa shape index (κ2) is 7.64. The maximum Gasteiger partial charge on any atom is 0.258 e. The Bertz CT molecular complexity index is 996. The Kier molecular flexibility index (Phi) is 5.11. The molecule has 0 bridgehead atoms. The van der Waals surface area contributed by atoms with Crippen LogP contribution in [-0.2, 0) is 0 Å². The summed E-state index contributed by atoms with van der Waals surface area (Å²) >= 11 is 6.09. The van der Waals surface area contributed by atoms with Gasteiger partial charge in [-0.25, -0.2) is 9.97 Å². The quantitative estimate of drug-likeness (QED) is 0.720. The summed E-state index contributed by atoms with van der Waals surface area (Å²) in [5.41, 5.74) is 2.99. The molecular weight excluding hydrogens is 350 g/mol. The Labute approximate surface area is 155 Å². The smallest absolute Gasteiger partial charge is 0.258 e. The van der Waals surface area contributed by atoms with Gasteiger partial charge in [0.05, 0.1) is 17.2 Å². The van der Waals surface area contributed by atoms with Gasteiger partial charge in [-0.05, 0) is 42.8 Å². The number of benzene rings is 2. The molecule has 0 aliphatic heterocycles. The molecule has 0 unspecified atom stereocenters. The van der Waals surface area contributed by atoms with Crippen molar-refractivity contribution in [2.75, 3.05) is 10.6 Å². The first kappa shape index (κ1) is 17.4. The van der Waals surface area contributed by atoms with Crippen LogP contribution in [0.1, 0.15) is 21.5 Å². The first-order valence-electron chi connectivity index (χ1n) is 7.72. The molecule has 0 aliphatic rings. The van der Waals surface area contributed by atoms with E-state index in [4.69, 9.17) is 16.9 Å². The van der Waals surface area contributed by atoms with Crippen LogP contribution in [0.2, 0.25) is 5.02 Å². The minimum Gasteiger partial charge on any atom is -0.324 e. The zero-order valence-electron chi connectivity index (χ0n) is 13.8. The lowest BCUT2D eigenvalue weighted by Gasteiger charge is -2.09. The Hall–Kier alpha value is -3.43. The summed E-state index contributed by atoms with van der Waals surface area (Å²) in [6.07, 6.45) is 2.86. The van der Waals surface area contributed by atoms with E-state index in [2.05, 4.69) is 20.6 Å². The SMILES string of the molecule is Cc1c(Cl)cccc1Nc1ncc(C(=O)Nc2cccc(C#N)c2)cn1. The molecule has 0 spiro atoms. The van der Waals surface area contributed by atoms with E-state index < -0.39 is 0 Å². The van der Waals surface area contributed by atoms with Crippen molar-refractivity contribution in [3.63, 3.8) is 0 Å². The van der Waals surface area contributed by atoms with Gasteiger partial charge in [-0.3, -0.25) is 4.79 Å². The van der Waals surface area contributed by atoms with Gasteiger partial charge >= 0.3 is 0 Å². The van der Waals surface area contributed by atoms with Gasteiger partial charge in [-0.2, -0.15) is 5.26 Å². The fourth-order valence-corrected chi connectivity index (χ4v) is 2.42. The molecule has 6 nitrogen and oxygen atoms in total. The third kappa shape index (κ3) is 3.97. The maximum atomic E-state index is 12.3. The van der Waals surface area contributed by atoms with Crippen LogP contribution in [0.5, 0.6) is 0 Å². The summed E-state index contributed by atoms with van der Waals surface area (Å²) in [6, 6.07) is 14.2. The predicted molar refractivity (Wildman–Crippen MR) is 101 cm³/mol. The lowest BCUT2D eigenvalue weighted by atomic mass is 10.2. The number of carbonyl (C=O) groups excluding carboxylic acids is 1. The Morgan fingerprint density at radius 1 is 1.15 bits per heavy atom. The van der Waals surface area contributed by atoms with E-state index in [-0.39, 0.29) is 5.91 Å². The molecule has 1 heterocycles. The van der Waals surface area contributed by atoms with Gasteiger partial charge in [0, 0.05) is 28.8 Å². The predicted octanol–water partition coefficient (Wildman–Crippen LogP) is 4.31. The highest BCUT2D eigenvalue weighted by molar-refractivity contribution is 6.31. The van der Waals surface area contributed by atoms with Crippen LogP contribution in [0, 0.1) is 18.3 Å². The second-order valence-corrected chi connectivity index (χ2v) is 5.89. The van der Waals surface area contributed by atoms with Crippen molar-refractivity contribution in [3.05, 3.63) is 76.6 Å². The lowest BCUT2D eigenvalue weighted by Crippen LogP contribution is -2.13. The van der Waals surface area contributed by atoms with E-state index in [1.807, 2.05) is 25.1 Å². The van der Waals surface area contributed by atoms with Crippen molar-refractivity contribution in [2.45, 2.75) is 6.92 Å². The first-order valence-corrected chi connectivity index (χ1v) is 8.10. The van der Waals surface area contributed by atoms with Crippen molar-refractivity contribution < 1.29 is 4.79 Å². The van der Waals surface area contributed by atoms with E-state index in [1.165, 1.54) is 12.4 Å². The number of hydrogen-bond acceptors (Lipinski definition) is 5. The third-order valence-electron chi connectivity index (χ3n) is 3.68. The summed E-state index contributed by atoms with van der Waals surface area (Å²) in [4.78, 5) is 20.6. The van der Waals surface area contributed by atoms with E-state index in [9.17, 15) is 4.79 Å². The average Bonchev–Trinajstić information content (AvgIpc) is 2.66. The largest absolute Gasteiger partial charge is 0.324 e. The standard InChI is InChI=1S/C19H14ClN5O/c1-12-16(20)6-3-7-17(12)25-19-22-10-14(11-23-19)18(26)24-15-5-2-4-13(8-15)9-21/h2-8,10-11H,1H3,(H,24,26)(H,22,23,25).